The Balaban J connectivity index is 1.49. The molecule has 0 spiro atoms. The molecule has 0 saturated heterocycles. The minimum Gasteiger partial charge on any atom is -0.480 e. The van der Waals surface area contributed by atoms with Crippen LogP contribution < -0.4 is 15.0 Å². The summed E-state index contributed by atoms with van der Waals surface area (Å²) in [7, 11) is 1.56. The van der Waals surface area contributed by atoms with Crippen molar-refractivity contribution in [1.29, 1.82) is 0 Å². The summed E-state index contributed by atoms with van der Waals surface area (Å²) in [5.41, 5.74) is 3.47. The number of pyridine rings is 2. The van der Waals surface area contributed by atoms with Crippen LogP contribution in [0.5, 0.6) is 5.88 Å². The average Bonchev–Trinajstić information content (AvgIpc) is 3.64. The van der Waals surface area contributed by atoms with Gasteiger partial charge in [-0.3, -0.25) is 9.78 Å². The van der Waals surface area contributed by atoms with Crippen molar-refractivity contribution >= 4 is 28.7 Å². The second-order valence-corrected chi connectivity index (χ2v) is 9.64. The van der Waals surface area contributed by atoms with Gasteiger partial charge in [0.2, 0.25) is 11.8 Å². The van der Waals surface area contributed by atoms with E-state index < -0.39 is 6.04 Å². The van der Waals surface area contributed by atoms with Crippen LogP contribution in [0, 0.1) is 6.92 Å². The SMILES string of the molecule is COc1ncc(-c2ccncc2)cc1NC(=O)[C@H](Cc1ccccc1)N(c1csc(C)n1)C1CC1. The minimum atomic E-state index is -0.430. The van der Waals surface area contributed by atoms with Gasteiger partial charge in [0.05, 0.1) is 12.1 Å². The van der Waals surface area contributed by atoms with Gasteiger partial charge in [-0.15, -0.1) is 11.3 Å². The Bertz CT molecular complexity index is 1290. The highest BCUT2D eigenvalue weighted by Crippen LogP contribution is 2.36. The van der Waals surface area contributed by atoms with Gasteiger partial charge < -0.3 is 15.0 Å². The zero-order valence-electron chi connectivity index (χ0n) is 19.7. The molecule has 5 rings (SSSR count). The number of methoxy groups -OCH3 is 1. The van der Waals surface area contributed by atoms with E-state index in [0.717, 1.165) is 40.4 Å². The number of aromatic nitrogens is 3. The fourth-order valence-corrected chi connectivity index (χ4v) is 4.80. The van der Waals surface area contributed by atoms with E-state index in [1.165, 1.54) is 0 Å². The van der Waals surface area contributed by atoms with Crippen molar-refractivity contribution in [1.82, 2.24) is 15.0 Å². The minimum absolute atomic E-state index is 0.113. The van der Waals surface area contributed by atoms with Crippen LogP contribution >= 0.6 is 11.3 Å². The fourth-order valence-electron chi connectivity index (χ4n) is 4.20. The Morgan fingerprint density at radius 3 is 2.60 bits per heavy atom. The molecule has 1 aliphatic rings. The number of rotatable bonds is 9. The quantitative estimate of drug-likeness (QED) is 0.354. The molecule has 1 fully saturated rings. The maximum Gasteiger partial charge on any atom is 0.247 e. The van der Waals surface area contributed by atoms with Crippen LogP contribution in [-0.2, 0) is 11.2 Å². The van der Waals surface area contributed by atoms with E-state index in [2.05, 4.69) is 32.3 Å². The molecular formula is C27H27N5O2S. The third-order valence-electron chi connectivity index (χ3n) is 6.04. The maximum atomic E-state index is 13.9. The van der Waals surface area contributed by atoms with Gasteiger partial charge in [0.1, 0.15) is 17.5 Å². The van der Waals surface area contributed by atoms with Crippen LogP contribution in [0.3, 0.4) is 0 Å². The van der Waals surface area contributed by atoms with Crippen molar-refractivity contribution in [3.8, 4) is 17.0 Å². The molecule has 0 radical (unpaired) electrons. The van der Waals surface area contributed by atoms with Crippen molar-refractivity contribution in [3.05, 3.63) is 83.1 Å². The second-order valence-electron chi connectivity index (χ2n) is 8.57. The van der Waals surface area contributed by atoms with Crippen molar-refractivity contribution in [2.75, 3.05) is 17.3 Å². The molecule has 7 nitrogen and oxygen atoms in total. The highest BCUT2D eigenvalue weighted by molar-refractivity contribution is 7.09. The highest BCUT2D eigenvalue weighted by Gasteiger charge is 2.39. The van der Waals surface area contributed by atoms with E-state index in [0.29, 0.717) is 24.0 Å². The Kier molecular flexibility index (Phi) is 6.72. The van der Waals surface area contributed by atoms with E-state index in [4.69, 9.17) is 9.72 Å². The summed E-state index contributed by atoms with van der Waals surface area (Å²) < 4.78 is 5.48. The summed E-state index contributed by atoms with van der Waals surface area (Å²) in [6.07, 6.45) is 7.88. The molecule has 4 aromatic rings. The lowest BCUT2D eigenvalue weighted by molar-refractivity contribution is -0.117. The second kappa shape index (κ2) is 10.2. The lowest BCUT2D eigenvalue weighted by Gasteiger charge is -2.31. The summed E-state index contributed by atoms with van der Waals surface area (Å²) in [5.74, 6) is 1.12. The van der Waals surface area contributed by atoms with Crippen molar-refractivity contribution in [2.45, 2.75) is 38.3 Å². The molecule has 0 aliphatic heterocycles. The molecule has 0 bridgehead atoms. The number of amides is 1. The Morgan fingerprint density at radius 2 is 1.94 bits per heavy atom. The van der Waals surface area contributed by atoms with Crippen LogP contribution in [0.2, 0.25) is 0 Å². The van der Waals surface area contributed by atoms with E-state index in [-0.39, 0.29) is 5.91 Å². The normalized spacial score (nSPS) is 13.8. The standard InChI is InChI=1S/C27H27N5O2S/c1-18-30-25(17-35-18)32(22-8-9-22)24(14-19-6-4-3-5-7-19)26(33)31-23-15-21(16-29-27(23)34-2)20-10-12-28-13-11-20/h3-7,10-13,15-17,22,24H,8-9,14H2,1-2H3,(H,31,33)/t24-/m0/s1. The van der Waals surface area contributed by atoms with Crippen LogP contribution in [0.25, 0.3) is 11.1 Å². The number of hydrogen-bond acceptors (Lipinski definition) is 7. The van der Waals surface area contributed by atoms with Crippen molar-refractivity contribution in [3.63, 3.8) is 0 Å². The average molecular weight is 486 g/mol. The van der Waals surface area contributed by atoms with Gasteiger partial charge in [-0.2, -0.15) is 0 Å². The Hall–Kier alpha value is -3.78. The molecule has 1 atom stereocenters. The first kappa shape index (κ1) is 23.0. The summed E-state index contributed by atoms with van der Waals surface area (Å²) in [6, 6.07) is 15.7. The summed E-state index contributed by atoms with van der Waals surface area (Å²) in [4.78, 5) is 29.4. The lowest BCUT2D eigenvalue weighted by Crippen LogP contribution is -2.47. The van der Waals surface area contributed by atoms with E-state index in [9.17, 15) is 4.79 Å². The molecule has 1 saturated carbocycles. The largest absolute Gasteiger partial charge is 0.480 e. The predicted octanol–water partition coefficient (Wildman–Crippen LogP) is 5.14. The maximum absolute atomic E-state index is 13.9. The van der Waals surface area contributed by atoms with Gasteiger partial charge in [-0.25, -0.2) is 9.97 Å². The van der Waals surface area contributed by atoms with Crippen LogP contribution in [0.1, 0.15) is 23.4 Å². The molecule has 0 unspecified atom stereocenters. The monoisotopic (exact) mass is 485 g/mol. The summed E-state index contributed by atoms with van der Waals surface area (Å²) in [6.45, 7) is 1.99. The van der Waals surface area contributed by atoms with Gasteiger partial charge >= 0.3 is 0 Å². The third kappa shape index (κ3) is 5.33. The number of carbonyl (C=O) groups excluding carboxylic acids is 1. The molecule has 1 N–H and O–H groups in total. The first-order valence-electron chi connectivity index (χ1n) is 11.6. The smallest absolute Gasteiger partial charge is 0.247 e. The first-order valence-corrected chi connectivity index (χ1v) is 12.5. The topological polar surface area (TPSA) is 80.2 Å². The molecule has 3 aromatic heterocycles. The number of nitrogens with zero attached hydrogens (tertiary/aromatic N) is 4. The molecular weight excluding hydrogens is 458 g/mol. The van der Waals surface area contributed by atoms with Gasteiger partial charge in [-0.05, 0) is 49.1 Å². The van der Waals surface area contributed by atoms with E-state index >= 15 is 0 Å². The Labute approximate surface area is 208 Å². The number of ether oxygens (including phenoxy) is 1. The summed E-state index contributed by atoms with van der Waals surface area (Å²) >= 11 is 1.60. The fraction of sp³-hybridized carbons (Fsp3) is 0.259. The molecule has 3 heterocycles. The van der Waals surface area contributed by atoms with Gasteiger partial charge in [0.15, 0.2) is 0 Å². The van der Waals surface area contributed by atoms with Gasteiger partial charge in [-0.1, -0.05) is 30.3 Å². The number of aryl methyl sites for hydroxylation is 1. The molecule has 1 amide bonds. The molecule has 1 aromatic carbocycles. The zero-order valence-corrected chi connectivity index (χ0v) is 20.5. The van der Waals surface area contributed by atoms with Crippen LogP contribution in [0.4, 0.5) is 11.5 Å². The van der Waals surface area contributed by atoms with Crippen molar-refractivity contribution < 1.29 is 9.53 Å². The number of anilines is 2. The predicted molar refractivity (Wildman–Crippen MR) is 139 cm³/mol. The van der Waals surface area contributed by atoms with Gasteiger partial charge in [0.25, 0.3) is 0 Å². The molecule has 178 valence electrons. The number of benzene rings is 1. The molecule has 1 aliphatic carbocycles. The van der Waals surface area contributed by atoms with E-state index in [1.807, 2.05) is 48.7 Å². The highest BCUT2D eigenvalue weighted by atomic mass is 32.1. The van der Waals surface area contributed by atoms with Gasteiger partial charge in [0, 0.05) is 42.0 Å². The molecule has 35 heavy (non-hydrogen) atoms. The number of hydrogen-bond donors (Lipinski definition) is 1. The lowest BCUT2D eigenvalue weighted by atomic mass is 10.0. The first-order chi connectivity index (χ1) is 17.1. The number of thiazole rings is 1. The zero-order chi connectivity index (χ0) is 24.2. The Morgan fingerprint density at radius 1 is 1.17 bits per heavy atom. The summed E-state index contributed by atoms with van der Waals surface area (Å²) in [5, 5.41) is 6.16. The number of nitrogens with one attached hydrogen (secondary N) is 1. The van der Waals surface area contributed by atoms with Crippen molar-refractivity contribution in [2.24, 2.45) is 0 Å². The van der Waals surface area contributed by atoms with Crippen LogP contribution in [-0.4, -0.2) is 40.1 Å². The van der Waals surface area contributed by atoms with Crippen LogP contribution in [0.15, 0.2) is 72.5 Å². The van der Waals surface area contributed by atoms with E-state index in [1.54, 1.807) is 37.0 Å². The number of carbonyl (C=O) groups is 1. The molecule has 8 heteroatoms. The third-order valence-corrected chi connectivity index (χ3v) is 6.80.